The van der Waals surface area contributed by atoms with E-state index < -0.39 is 6.09 Å². The van der Waals surface area contributed by atoms with Gasteiger partial charge in [0.2, 0.25) is 0 Å². The van der Waals surface area contributed by atoms with Crippen molar-refractivity contribution in [2.75, 3.05) is 0 Å². The quantitative estimate of drug-likeness (QED) is 0.663. The molecular weight excluding hydrogens is 322 g/mol. The number of benzene rings is 2. The Morgan fingerprint density at radius 2 is 1.65 bits per heavy atom. The number of alkyl carbamates (subject to hydrolysis) is 1. The summed E-state index contributed by atoms with van der Waals surface area (Å²) in [6.45, 7) is 13.8. The second-order valence-electron chi connectivity index (χ2n) is 6.68. The van der Waals surface area contributed by atoms with Gasteiger partial charge in [0, 0.05) is 5.70 Å². The fourth-order valence-electron chi connectivity index (χ4n) is 2.87. The first-order chi connectivity index (χ1) is 12.3. The van der Waals surface area contributed by atoms with Gasteiger partial charge in [-0.2, -0.15) is 0 Å². The maximum absolute atomic E-state index is 12.4. The lowest BCUT2D eigenvalue weighted by Gasteiger charge is -2.19. The molecule has 0 aromatic heterocycles. The molecule has 2 aromatic rings. The van der Waals surface area contributed by atoms with Crippen LogP contribution in [0.1, 0.15) is 49.1 Å². The minimum absolute atomic E-state index is 0.331. The molecule has 3 nitrogen and oxygen atoms in total. The highest BCUT2D eigenvalue weighted by atomic mass is 16.6. The molecule has 0 radical (unpaired) electrons. The molecule has 26 heavy (non-hydrogen) atoms. The molecule has 0 heterocycles. The predicted molar refractivity (Wildman–Crippen MR) is 108 cm³/mol. The van der Waals surface area contributed by atoms with Gasteiger partial charge in [-0.15, -0.1) is 0 Å². The third-order valence-electron chi connectivity index (χ3n) is 4.42. The number of rotatable bonds is 5. The second-order valence-corrected chi connectivity index (χ2v) is 6.68. The highest BCUT2D eigenvalue weighted by Gasteiger charge is 2.16. The summed E-state index contributed by atoms with van der Waals surface area (Å²) in [6.07, 6.45) is -0.813. The number of ether oxygens (including phenoxy) is 1. The van der Waals surface area contributed by atoms with E-state index in [-0.39, 0.29) is 6.10 Å². The van der Waals surface area contributed by atoms with Crippen molar-refractivity contribution in [3.8, 4) is 0 Å². The van der Waals surface area contributed by atoms with Crippen LogP contribution in [-0.2, 0) is 4.74 Å². The van der Waals surface area contributed by atoms with Gasteiger partial charge < -0.3 is 4.74 Å². The van der Waals surface area contributed by atoms with Crippen LogP contribution >= 0.6 is 0 Å². The van der Waals surface area contributed by atoms with Crippen molar-refractivity contribution in [3.05, 3.63) is 88.6 Å². The average Bonchev–Trinajstić information content (AvgIpc) is 2.59. The van der Waals surface area contributed by atoms with E-state index in [0.29, 0.717) is 5.70 Å². The molecule has 136 valence electrons. The number of hydrogen-bond acceptors (Lipinski definition) is 2. The molecule has 2 rings (SSSR count). The van der Waals surface area contributed by atoms with Crippen LogP contribution in [0.15, 0.2) is 66.4 Å². The van der Waals surface area contributed by atoms with E-state index >= 15 is 0 Å². The Morgan fingerprint density at radius 1 is 1.04 bits per heavy atom. The molecule has 0 bridgehead atoms. The lowest BCUT2D eigenvalue weighted by atomic mass is 10.0. The van der Waals surface area contributed by atoms with E-state index in [1.54, 1.807) is 0 Å². The summed E-state index contributed by atoms with van der Waals surface area (Å²) in [5, 5.41) is 2.87. The highest BCUT2D eigenvalue weighted by Crippen LogP contribution is 2.23. The fraction of sp³-hybridized carbons (Fsp3) is 0.261. The standard InChI is InChI=1S/C23H27NO2/c1-15(2)22(18(5)20-13-11-16(3)12-14-20)24-23(25)26-19(6)21-10-8-7-9-17(21)4/h7-14,19H,1H2,2-6H3,(H,24,25)/b22-18-. The van der Waals surface area contributed by atoms with Gasteiger partial charge in [0.05, 0.1) is 0 Å². The second kappa shape index (κ2) is 8.52. The smallest absolute Gasteiger partial charge is 0.412 e. The molecule has 1 unspecified atom stereocenters. The molecule has 1 amide bonds. The minimum atomic E-state index is -0.481. The maximum Gasteiger partial charge on any atom is 0.412 e. The molecule has 0 fully saturated rings. The molecular formula is C23H27NO2. The van der Waals surface area contributed by atoms with E-state index in [1.165, 1.54) is 5.56 Å². The number of carbonyl (C=O) groups is 1. The van der Waals surface area contributed by atoms with Crippen molar-refractivity contribution in [2.45, 2.75) is 40.7 Å². The normalized spacial score (nSPS) is 12.8. The van der Waals surface area contributed by atoms with Crippen LogP contribution in [-0.4, -0.2) is 6.09 Å². The third-order valence-corrected chi connectivity index (χ3v) is 4.42. The van der Waals surface area contributed by atoms with E-state index in [9.17, 15) is 4.79 Å². The number of amides is 1. The van der Waals surface area contributed by atoms with E-state index in [1.807, 2.05) is 83.1 Å². The summed E-state index contributed by atoms with van der Waals surface area (Å²) in [7, 11) is 0. The number of allylic oxidation sites excluding steroid dienone is 2. The van der Waals surface area contributed by atoms with E-state index in [2.05, 4.69) is 11.9 Å². The van der Waals surface area contributed by atoms with Crippen molar-refractivity contribution in [3.63, 3.8) is 0 Å². The first kappa shape index (κ1) is 19.5. The van der Waals surface area contributed by atoms with Gasteiger partial charge in [-0.05, 0) is 62.5 Å². The predicted octanol–water partition coefficient (Wildman–Crippen LogP) is 6.10. The summed E-state index contributed by atoms with van der Waals surface area (Å²) < 4.78 is 5.58. The van der Waals surface area contributed by atoms with Gasteiger partial charge in [0.15, 0.2) is 0 Å². The van der Waals surface area contributed by atoms with Gasteiger partial charge >= 0.3 is 6.09 Å². The summed E-state index contributed by atoms with van der Waals surface area (Å²) >= 11 is 0. The van der Waals surface area contributed by atoms with E-state index in [0.717, 1.165) is 27.8 Å². The lowest BCUT2D eigenvalue weighted by molar-refractivity contribution is 0.109. The topological polar surface area (TPSA) is 38.3 Å². The maximum atomic E-state index is 12.4. The van der Waals surface area contributed by atoms with Crippen molar-refractivity contribution in [2.24, 2.45) is 0 Å². The van der Waals surface area contributed by atoms with Crippen LogP contribution in [0.3, 0.4) is 0 Å². The first-order valence-electron chi connectivity index (χ1n) is 8.76. The monoisotopic (exact) mass is 349 g/mol. The van der Waals surface area contributed by atoms with Crippen molar-refractivity contribution in [1.82, 2.24) is 5.32 Å². The van der Waals surface area contributed by atoms with Crippen LogP contribution in [0.5, 0.6) is 0 Å². The molecule has 1 N–H and O–H groups in total. The molecule has 0 aliphatic carbocycles. The number of nitrogens with one attached hydrogen (secondary N) is 1. The molecule has 2 aromatic carbocycles. The largest absolute Gasteiger partial charge is 0.441 e. The summed E-state index contributed by atoms with van der Waals surface area (Å²) in [6, 6.07) is 16.1. The molecule has 0 aliphatic heterocycles. The van der Waals surface area contributed by atoms with Gasteiger partial charge in [-0.25, -0.2) is 4.79 Å². The number of hydrogen-bond donors (Lipinski definition) is 1. The Balaban J connectivity index is 2.18. The Bertz CT molecular complexity index is 832. The van der Waals surface area contributed by atoms with Crippen LogP contribution in [0.2, 0.25) is 0 Å². The molecule has 3 heteroatoms. The minimum Gasteiger partial charge on any atom is -0.441 e. The van der Waals surface area contributed by atoms with E-state index in [4.69, 9.17) is 4.74 Å². The van der Waals surface area contributed by atoms with Crippen LogP contribution in [0.25, 0.3) is 5.57 Å². The van der Waals surface area contributed by atoms with Gasteiger partial charge in [0.25, 0.3) is 0 Å². The SMILES string of the molecule is C=C(C)/C(NC(=O)OC(C)c1ccccc1C)=C(\C)c1ccc(C)cc1. The van der Waals surface area contributed by atoms with Crippen molar-refractivity contribution in [1.29, 1.82) is 0 Å². The average molecular weight is 349 g/mol. The number of carbonyl (C=O) groups excluding carboxylic acids is 1. The Hall–Kier alpha value is -2.81. The highest BCUT2D eigenvalue weighted by molar-refractivity contribution is 5.78. The summed E-state index contributed by atoms with van der Waals surface area (Å²) in [4.78, 5) is 12.4. The Kier molecular flexibility index (Phi) is 6.40. The lowest BCUT2D eigenvalue weighted by Crippen LogP contribution is -2.26. The summed E-state index contributed by atoms with van der Waals surface area (Å²) in [5.74, 6) is 0. The summed E-state index contributed by atoms with van der Waals surface area (Å²) in [5.41, 5.74) is 6.76. The molecule has 0 aliphatic rings. The molecule has 0 spiro atoms. The van der Waals surface area contributed by atoms with Gasteiger partial charge in [-0.3, -0.25) is 5.32 Å². The van der Waals surface area contributed by atoms with Gasteiger partial charge in [-0.1, -0.05) is 60.7 Å². The molecule has 0 saturated carbocycles. The zero-order valence-corrected chi connectivity index (χ0v) is 16.2. The Morgan fingerprint density at radius 3 is 2.23 bits per heavy atom. The van der Waals surface area contributed by atoms with Crippen LogP contribution in [0, 0.1) is 13.8 Å². The van der Waals surface area contributed by atoms with Crippen molar-refractivity contribution >= 4 is 11.7 Å². The van der Waals surface area contributed by atoms with Crippen LogP contribution < -0.4 is 5.32 Å². The Labute approximate surface area is 156 Å². The fourth-order valence-corrected chi connectivity index (χ4v) is 2.87. The first-order valence-corrected chi connectivity index (χ1v) is 8.76. The zero-order chi connectivity index (χ0) is 19.3. The number of aryl methyl sites for hydroxylation is 2. The molecule has 0 saturated heterocycles. The zero-order valence-electron chi connectivity index (χ0n) is 16.2. The van der Waals surface area contributed by atoms with Gasteiger partial charge in [0.1, 0.15) is 6.10 Å². The third kappa shape index (κ3) is 4.85. The van der Waals surface area contributed by atoms with Crippen LogP contribution in [0.4, 0.5) is 4.79 Å². The molecule has 1 atom stereocenters. The van der Waals surface area contributed by atoms with Crippen molar-refractivity contribution < 1.29 is 9.53 Å².